The number of aliphatic imine (C=N–C) groups is 1. The van der Waals surface area contributed by atoms with Crippen LogP contribution in [0.5, 0.6) is 0 Å². The lowest BCUT2D eigenvalue weighted by Gasteiger charge is -2.19. The summed E-state index contributed by atoms with van der Waals surface area (Å²) in [4.78, 5) is 16.3. The van der Waals surface area contributed by atoms with Gasteiger partial charge in [0.05, 0.1) is 12.7 Å². The van der Waals surface area contributed by atoms with E-state index >= 15 is 0 Å². The largest absolute Gasteiger partial charge is 0.469 e. The number of carbonyl (C=O) groups is 1. The van der Waals surface area contributed by atoms with E-state index in [0.717, 1.165) is 44.1 Å². The predicted molar refractivity (Wildman–Crippen MR) is 112 cm³/mol. The first kappa shape index (κ1) is 23.8. The molecule has 0 aliphatic rings. The van der Waals surface area contributed by atoms with Crippen LogP contribution in [-0.4, -0.2) is 37.2 Å². The van der Waals surface area contributed by atoms with E-state index in [9.17, 15) is 4.79 Å². The van der Waals surface area contributed by atoms with Crippen molar-refractivity contribution in [1.29, 1.82) is 0 Å². The fraction of sp³-hybridized carbons (Fsp3) is 0.667. The van der Waals surface area contributed by atoms with Gasteiger partial charge in [-0.15, -0.1) is 24.0 Å². The van der Waals surface area contributed by atoms with Crippen LogP contribution in [0.3, 0.4) is 0 Å². The first-order valence-electron chi connectivity index (χ1n) is 8.67. The lowest BCUT2D eigenvalue weighted by Crippen LogP contribution is -2.40. The second-order valence-electron chi connectivity index (χ2n) is 6.60. The lowest BCUT2D eigenvalue weighted by atomic mass is 10.2. The minimum Gasteiger partial charge on any atom is -0.469 e. The maximum absolute atomic E-state index is 11.7. The minimum atomic E-state index is -0.448. The number of ether oxygens (including phenoxy) is 1. The summed E-state index contributed by atoms with van der Waals surface area (Å²) >= 11 is 0. The molecule has 1 aromatic rings. The summed E-state index contributed by atoms with van der Waals surface area (Å²) in [6, 6.07) is 3.83. The molecule has 0 fully saturated rings. The number of guanidine groups is 1. The summed E-state index contributed by atoms with van der Waals surface area (Å²) in [5.74, 6) is 1.45. The Morgan fingerprint density at radius 1 is 1.28 bits per heavy atom. The molecule has 0 spiro atoms. The molecule has 6 nitrogen and oxygen atoms in total. The Balaban J connectivity index is 0.00000576. The zero-order chi connectivity index (χ0) is 17.8. The Kier molecular flexibility index (Phi) is 12.4. The summed E-state index contributed by atoms with van der Waals surface area (Å²) in [6.45, 7) is 9.71. The summed E-state index contributed by atoms with van der Waals surface area (Å²) in [6.07, 6.45) is 4.90. The van der Waals surface area contributed by atoms with E-state index in [1.165, 1.54) is 0 Å². The molecule has 0 aliphatic heterocycles. The number of furan rings is 1. The molecule has 7 heteroatoms. The van der Waals surface area contributed by atoms with Crippen LogP contribution in [0, 0.1) is 0 Å². The number of rotatable bonds is 9. The van der Waals surface area contributed by atoms with Gasteiger partial charge in [0.15, 0.2) is 5.96 Å². The maximum atomic E-state index is 11.7. The van der Waals surface area contributed by atoms with E-state index < -0.39 is 5.60 Å². The molecule has 1 aromatic heterocycles. The number of unbranched alkanes of at least 4 members (excludes halogenated alkanes) is 1. The van der Waals surface area contributed by atoms with Gasteiger partial charge in [-0.3, -0.25) is 9.79 Å². The standard InChI is InChI=1S/C18H31N3O3.HI/c1-5-6-11-19-17(20-12-9-15-8-7-14-23-15)21-13-10-16(22)24-18(2,3)4;/h7-8,14H,5-6,9-13H2,1-4H3,(H2,19,20,21);1H. The molecule has 0 saturated heterocycles. The second-order valence-corrected chi connectivity index (χ2v) is 6.60. The van der Waals surface area contributed by atoms with Crippen molar-refractivity contribution in [1.82, 2.24) is 10.6 Å². The van der Waals surface area contributed by atoms with E-state index in [1.54, 1.807) is 6.26 Å². The van der Waals surface area contributed by atoms with Gasteiger partial charge in [0.2, 0.25) is 0 Å². The van der Waals surface area contributed by atoms with E-state index in [0.29, 0.717) is 13.0 Å². The van der Waals surface area contributed by atoms with Crippen LogP contribution in [0.15, 0.2) is 27.8 Å². The van der Waals surface area contributed by atoms with Crippen LogP contribution >= 0.6 is 24.0 Å². The van der Waals surface area contributed by atoms with Gasteiger partial charge in [-0.1, -0.05) is 13.3 Å². The molecule has 144 valence electrons. The molecule has 25 heavy (non-hydrogen) atoms. The van der Waals surface area contributed by atoms with Crippen LogP contribution in [-0.2, 0) is 16.0 Å². The van der Waals surface area contributed by atoms with Crippen molar-refractivity contribution in [3.8, 4) is 0 Å². The Labute approximate surface area is 168 Å². The number of hydrogen-bond acceptors (Lipinski definition) is 4. The Bertz CT molecular complexity index is 496. The van der Waals surface area contributed by atoms with Crippen LogP contribution in [0.4, 0.5) is 0 Å². The highest BCUT2D eigenvalue weighted by molar-refractivity contribution is 14.0. The van der Waals surface area contributed by atoms with Crippen LogP contribution in [0.25, 0.3) is 0 Å². The maximum Gasteiger partial charge on any atom is 0.308 e. The van der Waals surface area contributed by atoms with E-state index in [-0.39, 0.29) is 29.9 Å². The van der Waals surface area contributed by atoms with Crippen molar-refractivity contribution in [2.45, 2.75) is 59.0 Å². The van der Waals surface area contributed by atoms with Gasteiger partial charge in [-0.05, 0) is 39.3 Å². The number of halogens is 1. The van der Waals surface area contributed by atoms with Crippen LogP contribution < -0.4 is 10.6 Å². The van der Waals surface area contributed by atoms with Crippen molar-refractivity contribution >= 4 is 35.9 Å². The molecule has 0 saturated carbocycles. The monoisotopic (exact) mass is 465 g/mol. The van der Waals surface area contributed by atoms with Crippen molar-refractivity contribution in [3.05, 3.63) is 24.2 Å². The van der Waals surface area contributed by atoms with Gasteiger partial charge in [0, 0.05) is 26.1 Å². The summed E-state index contributed by atoms with van der Waals surface area (Å²) in [5.41, 5.74) is -0.448. The van der Waals surface area contributed by atoms with E-state index in [1.807, 2.05) is 32.9 Å². The number of nitrogens with one attached hydrogen (secondary N) is 2. The number of esters is 1. The van der Waals surface area contributed by atoms with Gasteiger partial charge < -0.3 is 19.8 Å². The van der Waals surface area contributed by atoms with Crippen LogP contribution in [0.2, 0.25) is 0 Å². The van der Waals surface area contributed by atoms with Gasteiger partial charge >= 0.3 is 5.97 Å². The highest BCUT2D eigenvalue weighted by Gasteiger charge is 2.15. The smallest absolute Gasteiger partial charge is 0.308 e. The summed E-state index contributed by atoms with van der Waals surface area (Å²) in [7, 11) is 0. The van der Waals surface area contributed by atoms with Crippen molar-refractivity contribution in [2.24, 2.45) is 4.99 Å². The molecule has 0 unspecified atom stereocenters. The van der Waals surface area contributed by atoms with Gasteiger partial charge in [-0.2, -0.15) is 0 Å². The van der Waals surface area contributed by atoms with E-state index in [2.05, 4.69) is 22.5 Å². The quantitative estimate of drug-likeness (QED) is 0.192. The zero-order valence-corrected chi connectivity index (χ0v) is 18.1. The Morgan fingerprint density at radius 2 is 2.00 bits per heavy atom. The fourth-order valence-corrected chi connectivity index (χ4v) is 1.96. The first-order valence-corrected chi connectivity index (χ1v) is 8.67. The van der Waals surface area contributed by atoms with Crippen molar-refractivity contribution < 1.29 is 13.9 Å². The molecule has 0 aliphatic carbocycles. The third-order valence-corrected chi connectivity index (χ3v) is 3.07. The summed E-state index contributed by atoms with van der Waals surface area (Å²) in [5, 5.41) is 6.45. The molecular formula is C18H32IN3O3. The van der Waals surface area contributed by atoms with Gasteiger partial charge in [0.1, 0.15) is 11.4 Å². The van der Waals surface area contributed by atoms with Gasteiger partial charge in [0.25, 0.3) is 0 Å². The van der Waals surface area contributed by atoms with Gasteiger partial charge in [-0.25, -0.2) is 0 Å². The minimum absolute atomic E-state index is 0. The SMILES string of the molecule is CCCCN=C(NCCC(=O)OC(C)(C)C)NCCc1ccco1.I. The zero-order valence-electron chi connectivity index (χ0n) is 15.8. The molecule has 0 radical (unpaired) electrons. The number of nitrogens with zero attached hydrogens (tertiary/aromatic N) is 1. The second kappa shape index (κ2) is 13.0. The number of carbonyl (C=O) groups excluding carboxylic acids is 1. The van der Waals surface area contributed by atoms with Crippen LogP contribution in [0.1, 0.15) is 52.7 Å². The average Bonchev–Trinajstić information content (AvgIpc) is 2.98. The molecule has 1 rings (SSSR count). The molecular weight excluding hydrogens is 433 g/mol. The molecule has 0 aromatic carbocycles. The molecule has 0 atom stereocenters. The lowest BCUT2D eigenvalue weighted by molar-refractivity contribution is -0.154. The third-order valence-electron chi connectivity index (χ3n) is 3.07. The average molecular weight is 465 g/mol. The van der Waals surface area contributed by atoms with Crippen molar-refractivity contribution in [2.75, 3.05) is 19.6 Å². The first-order chi connectivity index (χ1) is 11.4. The third kappa shape index (κ3) is 12.7. The normalized spacial score (nSPS) is 11.6. The van der Waals surface area contributed by atoms with Crippen molar-refractivity contribution in [3.63, 3.8) is 0 Å². The fourth-order valence-electron chi connectivity index (χ4n) is 1.96. The highest BCUT2D eigenvalue weighted by atomic mass is 127. The Morgan fingerprint density at radius 3 is 2.60 bits per heavy atom. The molecule has 2 N–H and O–H groups in total. The highest BCUT2D eigenvalue weighted by Crippen LogP contribution is 2.07. The number of hydrogen-bond donors (Lipinski definition) is 2. The molecule has 0 amide bonds. The summed E-state index contributed by atoms with van der Waals surface area (Å²) < 4.78 is 10.6. The predicted octanol–water partition coefficient (Wildman–Crippen LogP) is 3.51. The molecule has 1 heterocycles. The molecule has 0 bridgehead atoms. The van der Waals surface area contributed by atoms with E-state index in [4.69, 9.17) is 9.15 Å². The Hall–Kier alpha value is -1.25. The topological polar surface area (TPSA) is 75.9 Å².